The Kier molecular flexibility index (Phi) is 3.48. The van der Waals surface area contributed by atoms with E-state index in [-0.39, 0.29) is 6.10 Å². The van der Waals surface area contributed by atoms with Crippen molar-refractivity contribution < 1.29 is 5.11 Å². The highest BCUT2D eigenvalue weighted by atomic mass is 32.1. The second-order valence-electron chi connectivity index (χ2n) is 3.41. The van der Waals surface area contributed by atoms with Crippen molar-refractivity contribution >= 4 is 11.3 Å². The number of aromatic nitrogens is 1. The molecular weight excluding hydrogens is 206 g/mol. The number of rotatable bonds is 4. The Labute approximate surface area is 93.2 Å². The molecule has 2 rings (SSSR count). The molecule has 2 nitrogen and oxygen atoms in total. The van der Waals surface area contributed by atoms with Gasteiger partial charge in [-0.2, -0.15) is 0 Å². The molecular formula is C12H13NOS. The Morgan fingerprint density at radius 1 is 1.27 bits per heavy atom. The third-order valence-electron chi connectivity index (χ3n) is 2.34. The molecule has 1 atom stereocenters. The lowest BCUT2D eigenvalue weighted by molar-refractivity contribution is 0.168. The molecule has 0 fully saturated rings. The lowest BCUT2D eigenvalue weighted by Crippen LogP contribution is -1.98. The van der Waals surface area contributed by atoms with Crippen LogP contribution in [0.1, 0.15) is 23.0 Å². The number of hydrogen-bond acceptors (Lipinski definition) is 3. The zero-order valence-electron chi connectivity index (χ0n) is 8.34. The van der Waals surface area contributed by atoms with Crippen molar-refractivity contribution in [2.45, 2.75) is 18.9 Å². The highest BCUT2D eigenvalue weighted by molar-refractivity contribution is 7.09. The number of thiophene rings is 1. The van der Waals surface area contributed by atoms with Gasteiger partial charge in [-0.05, 0) is 42.0 Å². The van der Waals surface area contributed by atoms with Crippen LogP contribution in [0.4, 0.5) is 0 Å². The number of aliphatic hydroxyl groups is 1. The van der Waals surface area contributed by atoms with E-state index in [9.17, 15) is 5.11 Å². The molecule has 0 aliphatic rings. The number of nitrogens with zero attached hydrogens (tertiary/aromatic N) is 1. The van der Waals surface area contributed by atoms with Crippen LogP contribution < -0.4 is 0 Å². The monoisotopic (exact) mass is 219 g/mol. The van der Waals surface area contributed by atoms with E-state index in [0.717, 1.165) is 18.4 Å². The Morgan fingerprint density at radius 2 is 2.07 bits per heavy atom. The summed E-state index contributed by atoms with van der Waals surface area (Å²) in [6, 6.07) is 7.86. The van der Waals surface area contributed by atoms with Gasteiger partial charge in [-0.15, -0.1) is 11.3 Å². The number of pyridine rings is 1. The summed E-state index contributed by atoms with van der Waals surface area (Å²) < 4.78 is 0. The van der Waals surface area contributed by atoms with Crippen molar-refractivity contribution in [3.05, 3.63) is 52.5 Å². The van der Waals surface area contributed by atoms with E-state index in [1.54, 1.807) is 23.7 Å². The van der Waals surface area contributed by atoms with Crippen LogP contribution in [0.15, 0.2) is 42.0 Å². The van der Waals surface area contributed by atoms with Crippen LogP contribution in [0.5, 0.6) is 0 Å². The average molecular weight is 219 g/mol. The molecule has 0 spiro atoms. The first-order valence-corrected chi connectivity index (χ1v) is 5.84. The lowest BCUT2D eigenvalue weighted by Gasteiger charge is -2.09. The van der Waals surface area contributed by atoms with E-state index in [4.69, 9.17) is 0 Å². The molecule has 0 aromatic carbocycles. The SMILES string of the molecule is OC(CCc1cccs1)c1ccncc1. The van der Waals surface area contributed by atoms with Gasteiger partial charge < -0.3 is 5.11 Å². The number of aliphatic hydroxyl groups excluding tert-OH is 1. The first-order valence-electron chi connectivity index (χ1n) is 4.96. The summed E-state index contributed by atoms with van der Waals surface area (Å²) in [5, 5.41) is 12.0. The summed E-state index contributed by atoms with van der Waals surface area (Å²) in [7, 11) is 0. The first-order chi connectivity index (χ1) is 7.36. The van der Waals surface area contributed by atoms with E-state index in [0.29, 0.717) is 0 Å². The van der Waals surface area contributed by atoms with E-state index in [2.05, 4.69) is 16.4 Å². The fourth-order valence-electron chi connectivity index (χ4n) is 1.49. The van der Waals surface area contributed by atoms with Crippen LogP contribution in [-0.4, -0.2) is 10.1 Å². The molecule has 0 aliphatic carbocycles. The maximum absolute atomic E-state index is 9.90. The van der Waals surface area contributed by atoms with Crippen LogP contribution in [0, 0.1) is 0 Å². The Hall–Kier alpha value is -1.19. The Bertz CT molecular complexity index is 385. The molecule has 2 heterocycles. The van der Waals surface area contributed by atoms with E-state index in [1.165, 1.54) is 4.88 Å². The van der Waals surface area contributed by atoms with Gasteiger partial charge in [0.1, 0.15) is 0 Å². The first kappa shape index (κ1) is 10.3. The van der Waals surface area contributed by atoms with Gasteiger partial charge in [0, 0.05) is 17.3 Å². The summed E-state index contributed by atoms with van der Waals surface area (Å²) in [6.45, 7) is 0. The smallest absolute Gasteiger partial charge is 0.0794 e. The lowest BCUT2D eigenvalue weighted by atomic mass is 10.1. The molecule has 0 radical (unpaired) electrons. The van der Waals surface area contributed by atoms with Crippen molar-refractivity contribution in [1.29, 1.82) is 0 Å². The molecule has 2 aromatic rings. The predicted octanol–water partition coefficient (Wildman–Crippen LogP) is 2.81. The zero-order chi connectivity index (χ0) is 10.5. The minimum atomic E-state index is -0.380. The summed E-state index contributed by atoms with van der Waals surface area (Å²) >= 11 is 1.74. The van der Waals surface area contributed by atoms with E-state index in [1.807, 2.05) is 18.2 Å². The van der Waals surface area contributed by atoms with Crippen LogP contribution in [-0.2, 0) is 6.42 Å². The largest absolute Gasteiger partial charge is 0.388 e. The fourth-order valence-corrected chi connectivity index (χ4v) is 2.21. The van der Waals surface area contributed by atoms with Gasteiger partial charge in [-0.25, -0.2) is 0 Å². The molecule has 1 unspecified atom stereocenters. The Morgan fingerprint density at radius 3 is 2.73 bits per heavy atom. The van der Waals surface area contributed by atoms with Crippen LogP contribution in [0.3, 0.4) is 0 Å². The van der Waals surface area contributed by atoms with Gasteiger partial charge in [0.25, 0.3) is 0 Å². The van der Waals surface area contributed by atoms with Crippen molar-refractivity contribution in [1.82, 2.24) is 4.98 Å². The molecule has 0 amide bonds. The summed E-state index contributed by atoms with van der Waals surface area (Å²) in [4.78, 5) is 5.25. The van der Waals surface area contributed by atoms with Gasteiger partial charge in [0.05, 0.1) is 6.10 Å². The summed E-state index contributed by atoms with van der Waals surface area (Å²) in [6.07, 6.45) is 4.74. The van der Waals surface area contributed by atoms with Crippen LogP contribution >= 0.6 is 11.3 Å². The zero-order valence-corrected chi connectivity index (χ0v) is 9.15. The predicted molar refractivity (Wildman–Crippen MR) is 61.8 cm³/mol. The topological polar surface area (TPSA) is 33.1 Å². The van der Waals surface area contributed by atoms with Gasteiger partial charge in [0.2, 0.25) is 0 Å². The normalized spacial score (nSPS) is 12.6. The Balaban J connectivity index is 1.90. The van der Waals surface area contributed by atoms with Crippen molar-refractivity contribution in [3.8, 4) is 0 Å². The van der Waals surface area contributed by atoms with Gasteiger partial charge in [-0.1, -0.05) is 6.07 Å². The minimum absolute atomic E-state index is 0.380. The van der Waals surface area contributed by atoms with Crippen molar-refractivity contribution in [2.75, 3.05) is 0 Å². The fraction of sp³-hybridized carbons (Fsp3) is 0.250. The minimum Gasteiger partial charge on any atom is -0.388 e. The highest BCUT2D eigenvalue weighted by Crippen LogP contribution is 2.20. The van der Waals surface area contributed by atoms with Gasteiger partial charge in [0.15, 0.2) is 0 Å². The third kappa shape index (κ3) is 2.88. The second-order valence-corrected chi connectivity index (χ2v) is 4.45. The standard InChI is InChI=1S/C12H13NOS/c14-12(10-5-7-13-8-6-10)4-3-11-2-1-9-15-11/h1-2,5-9,12,14H,3-4H2. The maximum Gasteiger partial charge on any atom is 0.0794 e. The number of aryl methyl sites for hydroxylation is 1. The molecule has 2 aromatic heterocycles. The third-order valence-corrected chi connectivity index (χ3v) is 3.27. The molecule has 0 saturated carbocycles. The van der Waals surface area contributed by atoms with E-state index >= 15 is 0 Å². The second kappa shape index (κ2) is 5.05. The van der Waals surface area contributed by atoms with Gasteiger partial charge in [-0.3, -0.25) is 4.98 Å². The highest BCUT2D eigenvalue weighted by Gasteiger charge is 2.07. The molecule has 15 heavy (non-hydrogen) atoms. The molecule has 78 valence electrons. The molecule has 0 bridgehead atoms. The van der Waals surface area contributed by atoms with Crippen LogP contribution in [0.25, 0.3) is 0 Å². The molecule has 1 N–H and O–H groups in total. The average Bonchev–Trinajstić information content (AvgIpc) is 2.80. The summed E-state index contributed by atoms with van der Waals surface area (Å²) in [5.41, 5.74) is 0.946. The quantitative estimate of drug-likeness (QED) is 0.857. The number of hydrogen-bond donors (Lipinski definition) is 1. The van der Waals surface area contributed by atoms with Crippen molar-refractivity contribution in [3.63, 3.8) is 0 Å². The van der Waals surface area contributed by atoms with Crippen LogP contribution in [0.2, 0.25) is 0 Å². The van der Waals surface area contributed by atoms with E-state index < -0.39 is 0 Å². The summed E-state index contributed by atoms with van der Waals surface area (Å²) in [5.74, 6) is 0. The molecule has 0 saturated heterocycles. The molecule has 3 heteroatoms. The van der Waals surface area contributed by atoms with Gasteiger partial charge >= 0.3 is 0 Å². The molecule has 0 aliphatic heterocycles. The van der Waals surface area contributed by atoms with Crippen molar-refractivity contribution in [2.24, 2.45) is 0 Å². The maximum atomic E-state index is 9.90.